The van der Waals surface area contributed by atoms with Crippen LogP contribution in [0.2, 0.25) is 5.02 Å². The van der Waals surface area contributed by atoms with E-state index in [0.717, 1.165) is 5.56 Å². The fourth-order valence-electron chi connectivity index (χ4n) is 1.46. The van der Waals surface area contributed by atoms with Crippen molar-refractivity contribution >= 4 is 29.4 Å². The van der Waals surface area contributed by atoms with Gasteiger partial charge in [-0.2, -0.15) is 0 Å². The highest BCUT2D eigenvalue weighted by Gasteiger charge is 2.21. The van der Waals surface area contributed by atoms with E-state index >= 15 is 0 Å². The Kier molecular flexibility index (Phi) is 3.15. The topological polar surface area (TPSA) is 47.9 Å². The molecular formula is C12H10ClNO3. The summed E-state index contributed by atoms with van der Waals surface area (Å²) in [6.45, 7) is 1.71. The molecule has 2 rings (SSSR count). The van der Waals surface area contributed by atoms with Crippen LogP contribution in [0.15, 0.2) is 28.9 Å². The maximum Gasteiger partial charge on any atom is 0.367 e. The fraction of sp³-hybridized carbons (Fsp3) is 0.167. The summed E-state index contributed by atoms with van der Waals surface area (Å²) in [7, 11) is 1.55. The number of oxime groups is 1. The van der Waals surface area contributed by atoms with Gasteiger partial charge in [0.2, 0.25) is 0 Å². The monoisotopic (exact) mass is 251 g/mol. The highest BCUT2D eigenvalue weighted by atomic mass is 35.5. The first kappa shape index (κ1) is 11.7. The first-order valence-corrected chi connectivity index (χ1v) is 5.31. The SMILES string of the molecule is COc1ccc(/C=C2/C(=O)ON=C2C)cc1Cl. The molecule has 1 aromatic carbocycles. The third kappa shape index (κ3) is 2.31. The van der Waals surface area contributed by atoms with Crippen molar-refractivity contribution in [3.05, 3.63) is 34.4 Å². The smallest absolute Gasteiger partial charge is 0.367 e. The summed E-state index contributed by atoms with van der Waals surface area (Å²) in [5, 5.41) is 4.08. The van der Waals surface area contributed by atoms with E-state index in [4.69, 9.17) is 16.3 Å². The summed E-state index contributed by atoms with van der Waals surface area (Å²) in [4.78, 5) is 15.9. The van der Waals surface area contributed by atoms with Gasteiger partial charge in [-0.1, -0.05) is 22.8 Å². The van der Waals surface area contributed by atoms with Crippen LogP contribution in [-0.4, -0.2) is 18.8 Å². The summed E-state index contributed by atoms with van der Waals surface area (Å²) in [6.07, 6.45) is 1.68. The van der Waals surface area contributed by atoms with Gasteiger partial charge < -0.3 is 9.57 Å². The van der Waals surface area contributed by atoms with Gasteiger partial charge in [-0.3, -0.25) is 0 Å². The van der Waals surface area contributed by atoms with Gasteiger partial charge in [0.1, 0.15) is 5.75 Å². The Hall–Kier alpha value is -1.81. The van der Waals surface area contributed by atoms with Gasteiger partial charge in [-0.15, -0.1) is 0 Å². The maximum absolute atomic E-state index is 11.3. The summed E-state index contributed by atoms with van der Waals surface area (Å²) < 4.78 is 5.04. The zero-order valence-electron chi connectivity index (χ0n) is 9.36. The van der Waals surface area contributed by atoms with Crippen LogP contribution < -0.4 is 4.74 Å². The average molecular weight is 252 g/mol. The van der Waals surface area contributed by atoms with Crippen molar-refractivity contribution in [3.63, 3.8) is 0 Å². The number of methoxy groups -OCH3 is 1. The molecule has 0 bridgehead atoms. The Bertz CT molecular complexity index is 535. The second-order valence-corrected chi connectivity index (χ2v) is 3.91. The molecule has 0 N–H and O–H groups in total. The minimum absolute atomic E-state index is 0.436. The molecule has 0 amide bonds. The van der Waals surface area contributed by atoms with E-state index < -0.39 is 5.97 Å². The van der Waals surface area contributed by atoms with Gasteiger partial charge in [0.25, 0.3) is 0 Å². The summed E-state index contributed by atoms with van der Waals surface area (Å²) in [5.74, 6) is 0.141. The number of carbonyl (C=O) groups is 1. The van der Waals surface area contributed by atoms with Crippen LogP contribution >= 0.6 is 11.6 Å². The molecule has 0 unspecified atom stereocenters. The summed E-state index contributed by atoms with van der Waals surface area (Å²) in [5.41, 5.74) is 1.78. The van der Waals surface area contributed by atoms with Crippen molar-refractivity contribution in [3.8, 4) is 5.75 Å². The molecule has 0 spiro atoms. The molecule has 0 fully saturated rings. The normalized spacial score (nSPS) is 17.0. The van der Waals surface area contributed by atoms with Crippen molar-refractivity contribution in [2.45, 2.75) is 6.92 Å². The molecule has 17 heavy (non-hydrogen) atoms. The van der Waals surface area contributed by atoms with Crippen molar-refractivity contribution in [2.75, 3.05) is 7.11 Å². The minimum Gasteiger partial charge on any atom is -0.495 e. The van der Waals surface area contributed by atoms with Crippen LogP contribution in [0, 0.1) is 0 Å². The average Bonchev–Trinajstić information content (AvgIpc) is 2.61. The van der Waals surface area contributed by atoms with Crippen molar-refractivity contribution in [2.24, 2.45) is 5.16 Å². The second kappa shape index (κ2) is 4.59. The largest absolute Gasteiger partial charge is 0.495 e. The van der Waals surface area contributed by atoms with E-state index in [1.54, 1.807) is 38.3 Å². The third-order valence-corrected chi connectivity index (χ3v) is 2.66. The molecule has 0 radical (unpaired) electrons. The lowest BCUT2D eigenvalue weighted by molar-refractivity contribution is -0.136. The van der Waals surface area contributed by atoms with Gasteiger partial charge in [-0.25, -0.2) is 4.79 Å². The summed E-state index contributed by atoms with van der Waals surface area (Å²) in [6, 6.07) is 5.25. The molecule has 0 aromatic heterocycles. The van der Waals surface area contributed by atoms with Crippen LogP contribution in [-0.2, 0) is 9.63 Å². The van der Waals surface area contributed by atoms with E-state index in [1.165, 1.54) is 0 Å². The predicted octanol–water partition coefficient (Wildman–Crippen LogP) is 2.66. The van der Waals surface area contributed by atoms with Crippen LogP contribution in [0.3, 0.4) is 0 Å². The van der Waals surface area contributed by atoms with Crippen LogP contribution in [0.5, 0.6) is 5.75 Å². The molecule has 0 atom stereocenters. The van der Waals surface area contributed by atoms with Crippen LogP contribution in [0.4, 0.5) is 0 Å². The Balaban J connectivity index is 2.36. The number of rotatable bonds is 2. The number of hydrogen-bond acceptors (Lipinski definition) is 4. The first-order valence-electron chi connectivity index (χ1n) is 4.93. The third-order valence-electron chi connectivity index (χ3n) is 2.36. The quantitative estimate of drug-likeness (QED) is 0.600. The number of carbonyl (C=O) groups excluding carboxylic acids is 1. The predicted molar refractivity (Wildman–Crippen MR) is 65.2 cm³/mol. The minimum atomic E-state index is -0.450. The lowest BCUT2D eigenvalue weighted by Crippen LogP contribution is -2.01. The van der Waals surface area contributed by atoms with Crippen molar-refractivity contribution in [1.29, 1.82) is 0 Å². The van der Waals surface area contributed by atoms with Crippen molar-refractivity contribution in [1.82, 2.24) is 0 Å². The highest BCUT2D eigenvalue weighted by molar-refractivity contribution is 6.32. The Morgan fingerprint density at radius 2 is 2.24 bits per heavy atom. The zero-order valence-corrected chi connectivity index (χ0v) is 10.1. The highest BCUT2D eigenvalue weighted by Crippen LogP contribution is 2.26. The molecule has 0 saturated carbocycles. The number of ether oxygens (including phenoxy) is 1. The van der Waals surface area contributed by atoms with E-state index in [9.17, 15) is 4.79 Å². The Morgan fingerprint density at radius 3 is 2.76 bits per heavy atom. The fourth-order valence-corrected chi connectivity index (χ4v) is 1.72. The second-order valence-electron chi connectivity index (χ2n) is 3.51. The maximum atomic E-state index is 11.3. The van der Waals surface area contributed by atoms with Gasteiger partial charge in [-0.05, 0) is 30.7 Å². The number of benzene rings is 1. The van der Waals surface area contributed by atoms with E-state index in [-0.39, 0.29) is 0 Å². The van der Waals surface area contributed by atoms with Gasteiger partial charge >= 0.3 is 5.97 Å². The summed E-state index contributed by atoms with van der Waals surface area (Å²) >= 11 is 5.99. The lowest BCUT2D eigenvalue weighted by Gasteiger charge is -2.03. The lowest BCUT2D eigenvalue weighted by atomic mass is 10.1. The molecule has 1 aliphatic rings. The number of nitrogens with zero attached hydrogens (tertiary/aromatic N) is 1. The molecule has 1 heterocycles. The molecule has 0 saturated heterocycles. The molecule has 5 heteroatoms. The van der Waals surface area contributed by atoms with Gasteiger partial charge in [0, 0.05) is 0 Å². The molecule has 88 valence electrons. The molecule has 4 nitrogen and oxygen atoms in total. The number of halogens is 1. The molecular weight excluding hydrogens is 242 g/mol. The Labute approximate surface area is 103 Å². The van der Waals surface area contributed by atoms with Crippen molar-refractivity contribution < 1.29 is 14.4 Å². The Morgan fingerprint density at radius 1 is 1.47 bits per heavy atom. The van der Waals surface area contributed by atoms with E-state index in [1.807, 2.05) is 0 Å². The standard InChI is InChI=1S/C12H10ClNO3/c1-7-9(12(15)17-14-7)5-8-3-4-11(16-2)10(13)6-8/h3-6H,1-2H3/b9-5+. The van der Waals surface area contributed by atoms with E-state index in [0.29, 0.717) is 22.1 Å². The van der Waals surface area contributed by atoms with E-state index in [2.05, 4.69) is 9.99 Å². The van der Waals surface area contributed by atoms with Crippen LogP contribution in [0.25, 0.3) is 6.08 Å². The van der Waals surface area contributed by atoms with Gasteiger partial charge in [0.15, 0.2) is 0 Å². The molecule has 1 aliphatic heterocycles. The first-order chi connectivity index (χ1) is 8.11. The van der Waals surface area contributed by atoms with Crippen LogP contribution in [0.1, 0.15) is 12.5 Å². The van der Waals surface area contributed by atoms with Gasteiger partial charge in [0.05, 0.1) is 23.4 Å². The molecule has 0 aliphatic carbocycles. The zero-order chi connectivity index (χ0) is 12.4. The molecule has 1 aromatic rings. The number of hydrogen-bond donors (Lipinski definition) is 0.